The Morgan fingerprint density at radius 2 is 2.11 bits per heavy atom. The van der Waals surface area contributed by atoms with Crippen LogP contribution in [-0.2, 0) is 0 Å². The van der Waals surface area contributed by atoms with E-state index in [0.29, 0.717) is 5.41 Å². The summed E-state index contributed by atoms with van der Waals surface area (Å²) in [6, 6.07) is 0. The van der Waals surface area contributed by atoms with E-state index in [1.807, 2.05) is 0 Å². The Kier molecular flexibility index (Phi) is 1.80. The van der Waals surface area contributed by atoms with Crippen molar-refractivity contribution in [3.63, 3.8) is 0 Å². The maximum Gasteiger partial charge on any atom is -0.00721 e. The molecule has 1 nitrogen and oxygen atoms in total. The average molecular weight is 127 g/mol. The number of nitrogens with two attached hydrogens (primary N) is 1. The number of hydrogen-bond acceptors (Lipinski definition) is 1. The fourth-order valence-electron chi connectivity index (χ4n) is 2.18. The van der Waals surface area contributed by atoms with Crippen LogP contribution in [0.4, 0.5) is 0 Å². The smallest absolute Gasteiger partial charge is 0.00721 e. The summed E-state index contributed by atoms with van der Waals surface area (Å²) >= 11 is 0. The summed E-state index contributed by atoms with van der Waals surface area (Å²) < 4.78 is 0. The molecular weight excluding hydrogens is 110 g/mol. The molecule has 0 bridgehead atoms. The maximum atomic E-state index is 5.47. The zero-order valence-corrected chi connectivity index (χ0v) is 6.48. The fourth-order valence-corrected chi connectivity index (χ4v) is 2.18. The minimum atomic E-state index is 0.619. The van der Waals surface area contributed by atoms with Crippen molar-refractivity contribution in [2.45, 2.75) is 33.1 Å². The molecule has 1 aliphatic carbocycles. The van der Waals surface area contributed by atoms with E-state index in [1.54, 1.807) is 0 Å². The van der Waals surface area contributed by atoms with Gasteiger partial charge in [-0.1, -0.05) is 13.8 Å². The van der Waals surface area contributed by atoms with Crippen molar-refractivity contribution in [1.82, 2.24) is 0 Å². The third-order valence-electron chi connectivity index (χ3n) is 2.43. The quantitative estimate of drug-likeness (QED) is 0.601. The van der Waals surface area contributed by atoms with Crippen molar-refractivity contribution >= 4 is 0 Å². The van der Waals surface area contributed by atoms with Crippen molar-refractivity contribution in [3.8, 4) is 0 Å². The molecule has 1 rings (SSSR count). The normalized spacial score (nSPS) is 42.3. The van der Waals surface area contributed by atoms with Crippen LogP contribution in [0.1, 0.15) is 33.1 Å². The lowest BCUT2D eigenvalue weighted by molar-refractivity contribution is 0.0805. The second-order valence-electron chi connectivity index (χ2n) is 3.86. The second-order valence-corrected chi connectivity index (χ2v) is 3.86. The van der Waals surface area contributed by atoms with Crippen LogP contribution in [0.15, 0.2) is 0 Å². The standard InChI is InChI=1S/C8H17N/c1-7-5-8(2,6-7)3-4-9/h7H,3-6,9H2,1-2H3. The van der Waals surface area contributed by atoms with Crippen LogP contribution in [0.25, 0.3) is 0 Å². The molecule has 0 unspecified atom stereocenters. The topological polar surface area (TPSA) is 26.0 Å². The first kappa shape index (κ1) is 7.07. The predicted molar refractivity (Wildman–Crippen MR) is 40.2 cm³/mol. The molecule has 0 atom stereocenters. The molecule has 0 spiro atoms. The zero-order valence-electron chi connectivity index (χ0n) is 6.48. The van der Waals surface area contributed by atoms with Gasteiger partial charge in [-0.25, -0.2) is 0 Å². The predicted octanol–water partition coefficient (Wildman–Crippen LogP) is 1.77. The molecule has 0 aromatic rings. The van der Waals surface area contributed by atoms with Gasteiger partial charge in [-0.15, -0.1) is 0 Å². The highest BCUT2D eigenvalue weighted by Crippen LogP contribution is 2.46. The lowest BCUT2D eigenvalue weighted by Gasteiger charge is -2.43. The van der Waals surface area contributed by atoms with Crippen molar-refractivity contribution in [3.05, 3.63) is 0 Å². The SMILES string of the molecule is CC1CC(C)(CCN)C1. The average Bonchev–Trinajstić information content (AvgIpc) is 1.62. The van der Waals surface area contributed by atoms with Crippen molar-refractivity contribution in [2.75, 3.05) is 6.54 Å². The van der Waals surface area contributed by atoms with Gasteiger partial charge in [0.25, 0.3) is 0 Å². The Morgan fingerprint density at radius 3 is 2.44 bits per heavy atom. The van der Waals surface area contributed by atoms with Gasteiger partial charge in [0.1, 0.15) is 0 Å². The summed E-state index contributed by atoms with van der Waals surface area (Å²) in [5.41, 5.74) is 6.09. The molecule has 1 saturated carbocycles. The molecule has 0 aliphatic heterocycles. The molecule has 0 aromatic carbocycles. The van der Waals surface area contributed by atoms with Crippen LogP contribution >= 0.6 is 0 Å². The highest BCUT2D eigenvalue weighted by atomic mass is 14.6. The molecule has 0 aromatic heterocycles. The molecule has 0 saturated heterocycles. The van der Waals surface area contributed by atoms with E-state index in [-0.39, 0.29) is 0 Å². The number of rotatable bonds is 2. The summed E-state index contributed by atoms with van der Waals surface area (Å²) in [7, 11) is 0. The van der Waals surface area contributed by atoms with E-state index in [9.17, 15) is 0 Å². The van der Waals surface area contributed by atoms with Gasteiger partial charge in [-0.2, -0.15) is 0 Å². The van der Waals surface area contributed by atoms with E-state index < -0.39 is 0 Å². The monoisotopic (exact) mass is 127 g/mol. The maximum absolute atomic E-state index is 5.47. The summed E-state index contributed by atoms with van der Waals surface area (Å²) in [6.07, 6.45) is 4.01. The highest BCUT2D eigenvalue weighted by molar-refractivity contribution is 4.87. The Morgan fingerprint density at radius 1 is 1.56 bits per heavy atom. The first-order valence-corrected chi connectivity index (χ1v) is 3.86. The van der Waals surface area contributed by atoms with Gasteiger partial charge >= 0.3 is 0 Å². The Bertz CT molecular complexity index is 87.2. The fraction of sp³-hybridized carbons (Fsp3) is 1.00. The molecule has 1 heteroatoms. The summed E-state index contributed by atoms with van der Waals surface area (Å²) in [5, 5.41) is 0. The van der Waals surface area contributed by atoms with E-state index in [4.69, 9.17) is 5.73 Å². The van der Waals surface area contributed by atoms with Gasteiger partial charge in [-0.05, 0) is 37.1 Å². The highest BCUT2D eigenvalue weighted by Gasteiger charge is 2.36. The van der Waals surface area contributed by atoms with Gasteiger partial charge < -0.3 is 5.73 Å². The Balaban J connectivity index is 2.23. The van der Waals surface area contributed by atoms with E-state index in [0.717, 1.165) is 12.5 Å². The second kappa shape index (κ2) is 2.30. The minimum absolute atomic E-state index is 0.619. The van der Waals surface area contributed by atoms with Crippen LogP contribution in [0.3, 0.4) is 0 Å². The lowest BCUT2D eigenvalue weighted by atomic mass is 9.62. The van der Waals surface area contributed by atoms with Crippen LogP contribution in [0.2, 0.25) is 0 Å². The van der Waals surface area contributed by atoms with Gasteiger partial charge in [0.2, 0.25) is 0 Å². The largest absolute Gasteiger partial charge is 0.330 e. The molecule has 9 heavy (non-hydrogen) atoms. The Labute approximate surface area is 57.6 Å². The van der Waals surface area contributed by atoms with E-state index >= 15 is 0 Å². The van der Waals surface area contributed by atoms with Crippen LogP contribution in [-0.4, -0.2) is 6.54 Å². The molecule has 0 radical (unpaired) electrons. The van der Waals surface area contributed by atoms with Crippen molar-refractivity contribution in [2.24, 2.45) is 17.1 Å². The molecule has 1 fully saturated rings. The summed E-state index contributed by atoms with van der Waals surface area (Å²) in [4.78, 5) is 0. The van der Waals surface area contributed by atoms with Crippen LogP contribution < -0.4 is 5.73 Å². The van der Waals surface area contributed by atoms with Crippen molar-refractivity contribution < 1.29 is 0 Å². The third kappa shape index (κ3) is 1.45. The van der Waals surface area contributed by atoms with Gasteiger partial charge in [0.15, 0.2) is 0 Å². The lowest BCUT2D eigenvalue weighted by Crippen LogP contribution is -2.34. The van der Waals surface area contributed by atoms with E-state index in [1.165, 1.54) is 19.3 Å². The molecule has 0 amide bonds. The summed E-state index contributed by atoms with van der Waals surface area (Å²) in [6.45, 7) is 5.53. The first-order chi connectivity index (χ1) is 4.16. The molecular formula is C8H17N. The van der Waals surface area contributed by atoms with Crippen molar-refractivity contribution in [1.29, 1.82) is 0 Å². The zero-order chi connectivity index (χ0) is 6.91. The van der Waals surface area contributed by atoms with Gasteiger partial charge in [0.05, 0.1) is 0 Å². The molecule has 54 valence electrons. The number of hydrogen-bond donors (Lipinski definition) is 1. The van der Waals surface area contributed by atoms with Gasteiger partial charge in [0, 0.05) is 0 Å². The van der Waals surface area contributed by atoms with Crippen LogP contribution in [0, 0.1) is 11.3 Å². The first-order valence-electron chi connectivity index (χ1n) is 3.86. The molecule has 0 heterocycles. The van der Waals surface area contributed by atoms with E-state index in [2.05, 4.69) is 13.8 Å². The molecule has 2 N–H and O–H groups in total. The molecule has 1 aliphatic rings. The Hall–Kier alpha value is -0.0400. The van der Waals surface area contributed by atoms with Gasteiger partial charge in [-0.3, -0.25) is 0 Å². The minimum Gasteiger partial charge on any atom is -0.330 e. The summed E-state index contributed by atoms with van der Waals surface area (Å²) in [5.74, 6) is 0.960. The van der Waals surface area contributed by atoms with Crippen LogP contribution in [0.5, 0.6) is 0 Å². The third-order valence-corrected chi connectivity index (χ3v) is 2.43.